The third-order valence-electron chi connectivity index (χ3n) is 2.09. The number of fused-ring (bicyclic) bond motifs is 1. The Hall–Kier alpha value is -1.27. The Morgan fingerprint density at radius 2 is 2.12 bits per heavy atom. The number of rotatable bonds is 1. The third-order valence-corrected chi connectivity index (χ3v) is 3.46. The van der Waals surface area contributed by atoms with Crippen LogP contribution in [0.2, 0.25) is 0 Å². The van der Waals surface area contributed by atoms with Gasteiger partial charge in [-0.2, -0.15) is 0 Å². The summed E-state index contributed by atoms with van der Waals surface area (Å²) >= 11 is 4.60. The molecule has 0 aliphatic heterocycles. The molecule has 0 atom stereocenters. The molecule has 0 N–H and O–H groups in total. The summed E-state index contributed by atoms with van der Waals surface area (Å²) in [5.74, 6) is 0.321. The van der Waals surface area contributed by atoms with E-state index in [4.69, 9.17) is 4.42 Å². The number of hydrogen-bond acceptors (Lipinski definition) is 4. The van der Waals surface area contributed by atoms with Gasteiger partial charge in [-0.25, -0.2) is 4.39 Å². The Balaban J connectivity index is 2.18. The largest absolute Gasteiger partial charge is 0.453 e. The zero-order valence-electron chi connectivity index (χ0n) is 7.78. The molecule has 0 aliphatic carbocycles. The predicted molar refractivity (Wildman–Crippen MR) is 62.8 cm³/mol. The van der Waals surface area contributed by atoms with Crippen molar-refractivity contribution >= 4 is 38.2 Å². The van der Waals surface area contributed by atoms with Gasteiger partial charge in [0.25, 0.3) is 0 Å². The van der Waals surface area contributed by atoms with Crippen LogP contribution in [0.25, 0.3) is 21.7 Å². The standard InChI is InChI=1S/C10H4BrFN2OS/c11-10-14-13-9(16-10)8-4-5-3-6(12)1-2-7(5)15-8/h1-4H. The highest BCUT2D eigenvalue weighted by Gasteiger charge is 2.11. The molecule has 0 radical (unpaired) electrons. The van der Waals surface area contributed by atoms with Crippen molar-refractivity contribution in [3.63, 3.8) is 0 Å². The molecule has 3 nitrogen and oxygen atoms in total. The minimum Gasteiger partial charge on any atom is -0.453 e. The molecule has 3 rings (SSSR count). The van der Waals surface area contributed by atoms with Crippen molar-refractivity contribution in [2.24, 2.45) is 0 Å². The molecule has 0 unspecified atom stereocenters. The first-order chi connectivity index (χ1) is 7.72. The average molecular weight is 299 g/mol. The van der Waals surface area contributed by atoms with Crippen LogP contribution in [0.5, 0.6) is 0 Å². The molecule has 0 fully saturated rings. The molecule has 0 aliphatic rings. The molecule has 16 heavy (non-hydrogen) atoms. The van der Waals surface area contributed by atoms with E-state index < -0.39 is 0 Å². The summed E-state index contributed by atoms with van der Waals surface area (Å²) in [5.41, 5.74) is 0.641. The molecule has 80 valence electrons. The number of furan rings is 1. The van der Waals surface area contributed by atoms with Crippen LogP contribution >= 0.6 is 27.3 Å². The molecule has 0 spiro atoms. The number of benzene rings is 1. The summed E-state index contributed by atoms with van der Waals surface area (Å²) in [6, 6.07) is 6.15. The Morgan fingerprint density at radius 1 is 1.25 bits per heavy atom. The third kappa shape index (κ3) is 1.64. The molecule has 2 heterocycles. The highest BCUT2D eigenvalue weighted by Crippen LogP contribution is 2.31. The van der Waals surface area contributed by atoms with Crippen molar-refractivity contribution in [1.82, 2.24) is 10.2 Å². The maximum absolute atomic E-state index is 13.0. The first-order valence-electron chi connectivity index (χ1n) is 4.41. The normalized spacial score (nSPS) is 11.1. The highest BCUT2D eigenvalue weighted by atomic mass is 79.9. The van der Waals surface area contributed by atoms with Gasteiger partial charge in [-0.15, -0.1) is 10.2 Å². The Labute approximate surface area is 102 Å². The van der Waals surface area contributed by atoms with Gasteiger partial charge in [0.1, 0.15) is 11.4 Å². The predicted octanol–water partition coefficient (Wildman–Crippen LogP) is 3.85. The van der Waals surface area contributed by atoms with Gasteiger partial charge in [-0.1, -0.05) is 11.3 Å². The maximum atomic E-state index is 13.0. The van der Waals surface area contributed by atoms with Crippen molar-refractivity contribution in [2.75, 3.05) is 0 Å². The van der Waals surface area contributed by atoms with Crippen molar-refractivity contribution < 1.29 is 8.81 Å². The zero-order valence-corrected chi connectivity index (χ0v) is 10.2. The number of nitrogens with zero attached hydrogens (tertiary/aromatic N) is 2. The number of halogens is 2. The lowest BCUT2D eigenvalue weighted by atomic mass is 10.2. The van der Waals surface area contributed by atoms with E-state index in [-0.39, 0.29) is 5.82 Å². The van der Waals surface area contributed by atoms with Crippen LogP contribution in [0.1, 0.15) is 0 Å². The van der Waals surface area contributed by atoms with E-state index in [1.165, 1.54) is 23.5 Å². The molecular weight excluding hydrogens is 295 g/mol. The molecule has 0 amide bonds. The topological polar surface area (TPSA) is 38.9 Å². The molecule has 3 aromatic rings. The van der Waals surface area contributed by atoms with Gasteiger partial charge in [0.05, 0.1) is 0 Å². The summed E-state index contributed by atoms with van der Waals surface area (Å²) in [5, 5.41) is 9.16. The first kappa shape index (κ1) is 9.92. The Kier molecular flexibility index (Phi) is 2.26. The molecule has 1 aromatic carbocycles. The lowest BCUT2D eigenvalue weighted by molar-refractivity contribution is 0.618. The summed E-state index contributed by atoms with van der Waals surface area (Å²) in [7, 11) is 0. The first-order valence-corrected chi connectivity index (χ1v) is 6.02. The number of aromatic nitrogens is 2. The minimum absolute atomic E-state index is 0.279. The van der Waals surface area contributed by atoms with Crippen LogP contribution in [0, 0.1) is 5.82 Å². The van der Waals surface area contributed by atoms with Gasteiger partial charge in [-0.05, 0) is 40.2 Å². The van der Waals surface area contributed by atoms with E-state index in [0.29, 0.717) is 20.3 Å². The van der Waals surface area contributed by atoms with E-state index in [2.05, 4.69) is 26.1 Å². The van der Waals surface area contributed by atoms with Crippen LogP contribution < -0.4 is 0 Å². The SMILES string of the molecule is Fc1ccc2oc(-c3nnc(Br)s3)cc2c1. The van der Waals surface area contributed by atoms with Crippen molar-refractivity contribution in [1.29, 1.82) is 0 Å². The summed E-state index contributed by atoms with van der Waals surface area (Å²) in [4.78, 5) is 0. The monoisotopic (exact) mass is 298 g/mol. The summed E-state index contributed by atoms with van der Waals surface area (Å²) in [6.07, 6.45) is 0. The smallest absolute Gasteiger partial charge is 0.184 e. The van der Waals surface area contributed by atoms with Crippen LogP contribution in [-0.2, 0) is 0 Å². The minimum atomic E-state index is -0.279. The molecule has 0 bridgehead atoms. The average Bonchev–Trinajstić information content (AvgIpc) is 2.83. The van der Waals surface area contributed by atoms with Crippen LogP contribution in [0.3, 0.4) is 0 Å². The van der Waals surface area contributed by atoms with Crippen molar-refractivity contribution in [2.45, 2.75) is 0 Å². The summed E-state index contributed by atoms with van der Waals surface area (Å²) < 4.78 is 19.2. The van der Waals surface area contributed by atoms with E-state index in [1.54, 1.807) is 12.1 Å². The van der Waals surface area contributed by atoms with Gasteiger partial charge in [-0.3, -0.25) is 0 Å². The van der Waals surface area contributed by atoms with Crippen molar-refractivity contribution in [3.05, 3.63) is 34.0 Å². The molecule has 0 saturated carbocycles. The summed E-state index contributed by atoms with van der Waals surface area (Å²) in [6.45, 7) is 0. The lowest BCUT2D eigenvalue weighted by Gasteiger charge is -1.86. The fraction of sp³-hybridized carbons (Fsp3) is 0. The second kappa shape index (κ2) is 3.64. The molecule has 0 saturated heterocycles. The lowest BCUT2D eigenvalue weighted by Crippen LogP contribution is -1.70. The van der Waals surface area contributed by atoms with Crippen LogP contribution in [-0.4, -0.2) is 10.2 Å². The van der Waals surface area contributed by atoms with Gasteiger partial charge in [0.15, 0.2) is 14.7 Å². The van der Waals surface area contributed by atoms with Gasteiger partial charge in [0, 0.05) is 5.39 Å². The maximum Gasteiger partial charge on any atom is 0.184 e. The van der Waals surface area contributed by atoms with Gasteiger partial charge >= 0.3 is 0 Å². The molecule has 2 aromatic heterocycles. The Bertz CT molecular complexity index is 664. The van der Waals surface area contributed by atoms with E-state index >= 15 is 0 Å². The Morgan fingerprint density at radius 3 is 2.88 bits per heavy atom. The number of hydrogen-bond donors (Lipinski definition) is 0. The van der Waals surface area contributed by atoms with Gasteiger partial charge < -0.3 is 4.42 Å². The zero-order chi connectivity index (χ0) is 11.1. The fourth-order valence-electron chi connectivity index (χ4n) is 1.42. The van der Waals surface area contributed by atoms with Gasteiger partial charge in [0.2, 0.25) is 0 Å². The second-order valence-corrected chi connectivity index (χ2v) is 5.41. The molecule has 6 heteroatoms. The quantitative estimate of drug-likeness (QED) is 0.685. The molecular formula is C10H4BrFN2OS. The van der Waals surface area contributed by atoms with E-state index in [0.717, 1.165) is 5.39 Å². The van der Waals surface area contributed by atoms with Crippen LogP contribution in [0.4, 0.5) is 4.39 Å². The highest BCUT2D eigenvalue weighted by molar-refractivity contribution is 9.11. The fourth-order valence-corrected chi connectivity index (χ4v) is 2.49. The van der Waals surface area contributed by atoms with E-state index in [1.807, 2.05) is 0 Å². The van der Waals surface area contributed by atoms with Crippen molar-refractivity contribution in [3.8, 4) is 10.8 Å². The van der Waals surface area contributed by atoms with E-state index in [9.17, 15) is 4.39 Å². The van der Waals surface area contributed by atoms with Crippen LogP contribution in [0.15, 0.2) is 32.6 Å². The second-order valence-electron chi connectivity index (χ2n) is 3.15.